The number of carboxylic acids is 1. The Kier molecular flexibility index (Phi) is 4.44. The lowest BCUT2D eigenvalue weighted by molar-refractivity contribution is -0.386. The van der Waals surface area contributed by atoms with Crippen LogP contribution in [0.15, 0.2) is 18.2 Å². The summed E-state index contributed by atoms with van der Waals surface area (Å²) in [5, 5.41) is 21.1. The first-order valence-corrected chi connectivity index (χ1v) is 7.03. The van der Waals surface area contributed by atoms with Gasteiger partial charge >= 0.3 is 11.9 Å². The third-order valence-electron chi connectivity index (χ3n) is 4.24. The summed E-state index contributed by atoms with van der Waals surface area (Å²) in [6.45, 7) is 0. The maximum atomic E-state index is 12.0. The predicted octanol–water partition coefficient (Wildman–Crippen LogP) is 2.67. The van der Waals surface area contributed by atoms with E-state index in [0.717, 1.165) is 6.42 Å². The molecule has 1 fully saturated rings. The summed E-state index contributed by atoms with van der Waals surface area (Å²) in [6, 6.07) is 3.99. The Balaban J connectivity index is 2.76. The molecule has 7 heteroatoms. The Morgan fingerprint density at radius 1 is 1.27 bits per heavy atom. The van der Waals surface area contributed by atoms with Crippen LogP contribution < -0.4 is 0 Å². The summed E-state index contributed by atoms with van der Waals surface area (Å²) in [4.78, 5) is 34.6. The van der Waals surface area contributed by atoms with E-state index in [1.165, 1.54) is 25.3 Å². The Morgan fingerprint density at radius 2 is 1.91 bits per heavy atom. The lowest BCUT2D eigenvalue weighted by atomic mass is 9.67. The molecule has 0 heterocycles. The molecule has 1 N–H and O–H groups in total. The molecule has 118 valence electrons. The number of nitro groups is 1. The van der Waals surface area contributed by atoms with Crippen LogP contribution in [0.3, 0.4) is 0 Å². The molecule has 0 atom stereocenters. The van der Waals surface area contributed by atoms with E-state index in [-0.39, 0.29) is 29.7 Å². The Labute approximate surface area is 127 Å². The lowest BCUT2D eigenvalue weighted by Crippen LogP contribution is -2.40. The van der Waals surface area contributed by atoms with Crippen molar-refractivity contribution in [3.63, 3.8) is 0 Å². The highest BCUT2D eigenvalue weighted by Crippen LogP contribution is 2.45. The third-order valence-corrected chi connectivity index (χ3v) is 4.24. The van der Waals surface area contributed by atoms with Gasteiger partial charge in [-0.1, -0.05) is 25.3 Å². The maximum Gasteiger partial charge on any atom is 0.338 e. The number of nitro benzene ring substituents is 1. The van der Waals surface area contributed by atoms with E-state index in [1.807, 2.05) is 0 Å². The van der Waals surface area contributed by atoms with Crippen LogP contribution in [-0.2, 0) is 14.9 Å². The average molecular weight is 307 g/mol. The van der Waals surface area contributed by atoms with Gasteiger partial charge in [-0.25, -0.2) is 4.79 Å². The first-order valence-electron chi connectivity index (χ1n) is 7.03. The summed E-state index contributed by atoms with van der Waals surface area (Å²) in [5.74, 6) is -1.89. The van der Waals surface area contributed by atoms with Crippen molar-refractivity contribution in [2.75, 3.05) is 7.11 Å². The van der Waals surface area contributed by atoms with Crippen LogP contribution in [0.1, 0.15) is 48.0 Å². The number of nitrogens with zero attached hydrogens (tertiary/aromatic N) is 1. The molecule has 22 heavy (non-hydrogen) atoms. The van der Waals surface area contributed by atoms with Crippen LogP contribution in [0, 0.1) is 10.1 Å². The number of hydrogen-bond donors (Lipinski definition) is 1. The van der Waals surface area contributed by atoms with Crippen molar-refractivity contribution in [1.29, 1.82) is 0 Å². The summed E-state index contributed by atoms with van der Waals surface area (Å²) >= 11 is 0. The van der Waals surface area contributed by atoms with E-state index in [4.69, 9.17) is 0 Å². The molecule has 0 saturated heterocycles. The monoisotopic (exact) mass is 307 g/mol. The summed E-state index contributed by atoms with van der Waals surface area (Å²) in [6.07, 6.45) is 2.73. The van der Waals surface area contributed by atoms with Crippen molar-refractivity contribution in [1.82, 2.24) is 0 Å². The minimum Gasteiger partial charge on any atom is -0.481 e. The Bertz CT molecular complexity index is 618. The van der Waals surface area contributed by atoms with Gasteiger partial charge in [-0.05, 0) is 18.9 Å². The first kappa shape index (κ1) is 15.9. The van der Waals surface area contributed by atoms with Crippen molar-refractivity contribution < 1.29 is 24.4 Å². The maximum absolute atomic E-state index is 12.0. The number of benzene rings is 1. The van der Waals surface area contributed by atoms with Crippen molar-refractivity contribution in [3.05, 3.63) is 39.4 Å². The van der Waals surface area contributed by atoms with E-state index in [2.05, 4.69) is 4.74 Å². The SMILES string of the molecule is COC(=O)c1cccc([N+](=O)[O-])c1C1(C(=O)O)CCCCC1. The molecule has 2 rings (SSSR count). The molecular formula is C15H17NO6. The molecule has 0 unspecified atom stereocenters. The number of carboxylic acid groups (broad SMARTS) is 1. The second kappa shape index (κ2) is 6.13. The molecule has 1 aromatic rings. The summed E-state index contributed by atoms with van der Waals surface area (Å²) in [5.41, 5.74) is -1.82. The van der Waals surface area contributed by atoms with E-state index >= 15 is 0 Å². The smallest absolute Gasteiger partial charge is 0.338 e. The van der Waals surface area contributed by atoms with Gasteiger partial charge in [0.15, 0.2) is 0 Å². The number of methoxy groups -OCH3 is 1. The first-order chi connectivity index (χ1) is 10.4. The van der Waals surface area contributed by atoms with Gasteiger partial charge in [0.05, 0.1) is 23.2 Å². The molecule has 1 aliphatic carbocycles. The second-order valence-electron chi connectivity index (χ2n) is 5.40. The fraction of sp³-hybridized carbons (Fsp3) is 0.467. The molecule has 1 saturated carbocycles. The van der Waals surface area contributed by atoms with Gasteiger partial charge in [-0.15, -0.1) is 0 Å². The number of hydrogen-bond acceptors (Lipinski definition) is 5. The van der Waals surface area contributed by atoms with E-state index < -0.39 is 22.3 Å². The third kappa shape index (κ3) is 2.54. The highest BCUT2D eigenvalue weighted by atomic mass is 16.6. The van der Waals surface area contributed by atoms with Crippen LogP contribution in [0.5, 0.6) is 0 Å². The van der Waals surface area contributed by atoms with Crippen molar-refractivity contribution in [3.8, 4) is 0 Å². The van der Waals surface area contributed by atoms with E-state index in [1.54, 1.807) is 0 Å². The number of carbonyl (C=O) groups excluding carboxylic acids is 1. The summed E-state index contributed by atoms with van der Waals surface area (Å²) < 4.78 is 4.67. The number of carbonyl (C=O) groups is 2. The van der Waals surface area contributed by atoms with Gasteiger partial charge in [0, 0.05) is 6.07 Å². The van der Waals surface area contributed by atoms with Gasteiger partial charge < -0.3 is 9.84 Å². The second-order valence-corrected chi connectivity index (χ2v) is 5.40. The van der Waals surface area contributed by atoms with Gasteiger partial charge in [-0.3, -0.25) is 14.9 Å². The van der Waals surface area contributed by atoms with E-state index in [9.17, 15) is 24.8 Å². The van der Waals surface area contributed by atoms with Crippen LogP contribution in [-0.4, -0.2) is 29.1 Å². The molecule has 1 aromatic carbocycles. The molecule has 0 aliphatic heterocycles. The van der Waals surface area contributed by atoms with Crippen LogP contribution in [0.25, 0.3) is 0 Å². The van der Waals surface area contributed by atoms with Crippen molar-refractivity contribution in [2.45, 2.75) is 37.5 Å². The average Bonchev–Trinajstić information content (AvgIpc) is 2.53. The van der Waals surface area contributed by atoms with Gasteiger partial charge in [-0.2, -0.15) is 0 Å². The van der Waals surface area contributed by atoms with Crippen molar-refractivity contribution in [2.24, 2.45) is 0 Å². The molecule has 7 nitrogen and oxygen atoms in total. The summed E-state index contributed by atoms with van der Waals surface area (Å²) in [7, 11) is 1.17. The minimum absolute atomic E-state index is 0.0287. The van der Waals surface area contributed by atoms with Gasteiger partial charge in [0.2, 0.25) is 0 Å². The molecular weight excluding hydrogens is 290 g/mol. The fourth-order valence-corrected chi connectivity index (χ4v) is 3.20. The van der Waals surface area contributed by atoms with Gasteiger partial charge in [0.1, 0.15) is 5.41 Å². The normalized spacial score (nSPS) is 16.8. The molecule has 0 spiro atoms. The fourth-order valence-electron chi connectivity index (χ4n) is 3.20. The Hall–Kier alpha value is -2.44. The molecule has 0 radical (unpaired) electrons. The van der Waals surface area contributed by atoms with Crippen LogP contribution in [0.4, 0.5) is 5.69 Å². The predicted molar refractivity (Wildman–Crippen MR) is 76.8 cm³/mol. The molecule has 1 aliphatic rings. The highest BCUT2D eigenvalue weighted by Gasteiger charge is 2.47. The van der Waals surface area contributed by atoms with E-state index in [0.29, 0.717) is 12.8 Å². The number of rotatable bonds is 4. The quantitative estimate of drug-likeness (QED) is 0.520. The van der Waals surface area contributed by atoms with Gasteiger partial charge in [0.25, 0.3) is 5.69 Å². The number of esters is 1. The largest absolute Gasteiger partial charge is 0.481 e. The molecule has 0 aromatic heterocycles. The van der Waals surface area contributed by atoms with Crippen LogP contribution in [0.2, 0.25) is 0 Å². The lowest BCUT2D eigenvalue weighted by Gasteiger charge is -2.34. The highest BCUT2D eigenvalue weighted by molar-refractivity contribution is 5.96. The van der Waals surface area contributed by atoms with Crippen LogP contribution >= 0.6 is 0 Å². The number of aliphatic carboxylic acids is 1. The zero-order valence-electron chi connectivity index (χ0n) is 12.2. The minimum atomic E-state index is -1.41. The molecule has 0 bridgehead atoms. The standard InChI is InChI=1S/C15H17NO6/c1-22-13(17)10-6-5-7-11(16(20)21)12(10)15(14(18)19)8-3-2-4-9-15/h5-7H,2-4,8-9H2,1H3,(H,18,19). The van der Waals surface area contributed by atoms with Crippen molar-refractivity contribution >= 4 is 17.6 Å². The number of ether oxygens (including phenoxy) is 1. The topological polar surface area (TPSA) is 107 Å². The zero-order valence-corrected chi connectivity index (χ0v) is 12.2. The Morgan fingerprint density at radius 3 is 2.41 bits per heavy atom. The zero-order chi connectivity index (χ0) is 16.3. The molecule has 0 amide bonds.